The lowest BCUT2D eigenvalue weighted by molar-refractivity contribution is -0.113. The Morgan fingerprint density at radius 1 is 1.00 bits per heavy atom. The molecule has 0 aliphatic heterocycles. The lowest BCUT2D eigenvalue weighted by Gasteiger charge is -2.23. The van der Waals surface area contributed by atoms with Gasteiger partial charge >= 0.3 is 0 Å². The molecule has 0 unspecified atom stereocenters. The SMILES string of the molecule is CCCN(CCC)c1ccc(C(=O)C(C)=O)cc1. The van der Waals surface area contributed by atoms with Gasteiger partial charge in [0, 0.05) is 31.3 Å². The number of hydrogen-bond donors (Lipinski definition) is 0. The van der Waals surface area contributed by atoms with Crippen molar-refractivity contribution in [3.05, 3.63) is 29.8 Å². The zero-order chi connectivity index (χ0) is 13.5. The predicted octanol–water partition coefficient (Wildman–Crippen LogP) is 3.08. The van der Waals surface area contributed by atoms with Crippen LogP contribution < -0.4 is 4.90 Å². The average molecular weight is 247 g/mol. The zero-order valence-electron chi connectivity index (χ0n) is 11.4. The molecule has 0 amide bonds. The second-order valence-corrected chi connectivity index (χ2v) is 4.42. The third-order valence-corrected chi connectivity index (χ3v) is 2.80. The van der Waals surface area contributed by atoms with Gasteiger partial charge in [-0.2, -0.15) is 0 Å². The third-order valence-electron chi connectivity index (χ3n) is 2.80. The summed E-state index contributed by atoms with van der Waals surface area (Å²) in [6, 6.07) is 7.30. The van der Waals surface area contributed by atoms with Crippen LogP contribution in [0.3, 0.4) is 0 Å². The smallest absolute Gasteiger partial charge is 0.228 e. The molecule has 0 aliphatic carbocycles. The minimum Gasteiger partial charge on any atom is -0.372 e. The van der Waals surface area contributed by atoms with Gasteiger partial charge in [0.05, 0.1) is 0 Å². The first-order valence-electron chi connectivity index (χ1n) is 6.50. The van der Waals surface area contributed by atoms with Crippen molar-refractivity contribution in [2.45, 2.75) is 33.6 Å². The second kappa shape index (κ2) is 6.94. The van der Waals surface area contributed by atoms with E-state index < -0.39 is 11.6 Å². The molecule has 0 saturated heterocycles. The number of Topliss-reactive ketones (excluding diaryl/α,β-unsaturated/α-hetero) is 2. The molecular weight excluding hydrogens is 226 g/mol. The van der Waals surface area contributed by atoms with Crippen molar-refractivity contribution in [2.75, 3.05) is 18.0 Å². The van der Waals surface area contributed by atoms with E-state index >= 15 is 0 Å². The summed E-state index contributed by atoms with van der Waals surface area (Å²) >= 11 is 0. The molecule has 0 fully saturated rings. The minimum atomic E-state index is -0.418. The first-order chi connectivity index (χ1) is 8.60. The number of carbonyl (C=O) groups excluding carboxylic acids is 2. The average Bonchev–Trinajstić information content (AvgIpc) is 2.38. The van der Waals surface area contributed by atoms with Crippen LogP contribution in [0.5, 0.6) is 0 Å². The van der Waals surface area contributed by atoms with Crippen LogP contribution in [0.2, 0.25) is 0 Å². The highest BCUT2D eigenvalue weighted by Crippen LogP contribution is 2.16. The van der Waals surface area contributed by atoms with Crippen LogP contribution in [-0.4, -0.2) is 24.7 Å². The molecule has 0 N–H and O–H groups in total. The highest BCUT2D eigenvalue weighted by molar-refractivity contribution is 6.42. The predicted molar refractivity (Wildman–Crippen MR) is 74.2 cm³/mol. The number of rotatable bonds is 7. The standard InChI is InChI=1S/C15H21NO2/c1-4-10-16(11-5-2)14-8-6-13(7-9-14)15(18)12(3)17/h6-9H,4-5,10-11H2,1-3H3. The van der Waals surface area contributed by atoms with Crippen molar-refractivity contribution in [2.24, 2.45) is 0 Å². The molecule has 0 atom stereocenters. The normalized spacial score (nSPS) is 10.2. The van der Waals surface area contributed by atoms with Crippen LogP contribution in [0.15, 0.2) is 24.3 Å². The minimum absolute atomic E-state index is 0.415. The van der Waals surface area contributed by atoms with E-state index in [1.807, 2.05) is 12.1 Å². The molecule has 0 heterocycles. The number of anilines is 1. The number of benzene rings is 1. The highest BCUT2D eigenvalue weighted by Gasteiger charge is 2.11. The van der Waals surface area contributed by atoms with Gasteiger partial charge in [-0.05, 0) is 37.1 Å². The Kier molecular flexibility index (Phi) is 5.56. The van der Waals surface area contributed by atoms with E-state index in [1.165, 1.54) is 6.92 Å². The molecule has 1 aromatic rings. The molecule has 98 valence electrons. The van der Waals surface area contributed by atoms with Gasteiger partial charge < -0.3 is 4.90 Å². The fourth-order valence-corrected chi connectivity index (χ4v) is 1.94. The Balaban J connectivity index is 2.86. The van der Waals surface area contributed by atoms with Gasteiger partial charge in [-0.1, -0.05) is 13.8 Å². The molecule has 0 aliphatic rings. The topological polar surface area (TPSA) is 37.4 Å². The zero-order valence-corrected chi connectivity index (χ0v) is 11.4. The third kappa shape index (κ3) is 3.69. The lowest BCUT2D eigenvalue weighted by Crippen LogP contribution is -2.24. The summed E-state index contributed by atoms with van der Waals surface area (Å²) in [5, 5.41) is 0. The van der Waals surface area contributed by atoms with E-state index in [0.717, 1.165) is 31.6 Å². The van der Waals surface area contributed by atoms with Gasteiger partial charge in [0.25, 0.3) is 0 Å². The van der Waals surface area contributed by atoms with E-state index in [-0.39, 0.29) is 0 Å². The molecule has 0 spiro atoms. The Hall–Kier alpha value is -1.64. The monoisotopic (exact) mass is 247 g/mol. The maximum Gasteiger partial charge on any atom is 0.228 e. The summed E-state index contributed by atoms with van der Waals surface area (Å²) < 4.78 is 0. The highest BCUT2D eigenvalue weighted by atomic mass is 16.2. The van der Waals surface area contributed by atoms with E-state index in [4.69, 9.17) is 0 Å². The number of carbonyl (C=O) groups is 2. The fourth-order valence-electron chi connectivity index (χ4n) is 1.94. The number of nitrogens with zero attached hydrogens (tertiary/aromatic N) is 1. The Labute approximate surface area is 109 Å². The van der Waals surface area contributed by atoms with E-state index in [1.54, 1.807) is 12.1 Å². The molecular formula is C15H21NO2. The van der Waals surface area contributed by atoms with Gasteiger partial charge in [-0.25, -0.2) is 0 Å². The van der Waals surface area contributed by atoms with Crippen LogP contribution in [-0.2, 0) is 4.79 Å². The molecule has 0 radical (unpaired) electrons. The lowest BCUT2D eigenvalue weighted by atomic mass is 10.1. The van der Waals surface area contributed by atoms with Crippen LogP contribution >= 0.6 is 0 Å². The second-order valence-electron chi connectivity index (χ2n) is 4.42. The van der Waals surface area contributed by atoms with E-state index in [9.17, 15) is 9.59 Å². The molecule has 0 bridgehead atoms. The summed E-state index contributed by atoms with van der Waals surface area (Å²) in [6.07, 6.45) is 2.18. The van der Waals surface area contributed by atoms with Crippen LogP contribution in [0.25, 0.3) is 0 Å². The molecule has 0 aromatic heterocycles. The van der Waals surface area contributed by atoms with Crippen molar-refractivity contribution in [3.63, 3.8) is 0 Å². The maximum absolute atomic E-state index is 11.5. The summed E-state index contributed by atoms with van der Waals surface area (Å²) in [6.45, 7) is 7.62. The van der Waals surface area contributed by atoms with Crippen LogP contribution in [0.4, 0.5) is 5.69 Å². The van der Waals surface area contributed by atoms with Crippen molar-refractivity contribution in [1.29, 1.82) is 0 Å². The summed E-state index contributed by atoms with van der Waals surface area (Å²) in [5.74, 6) is -0.833. The largest absolute Gasteiger partial charge is 0.372 e. The first kappa shape index (κ1) is 14.4. The van der Waals surface area contributed by atoms with Gasteiger partial charge in [-0.3, -0.25) is 9.59 Å². The van der Waals surface area contributed by atoms with Gasteiger partial charge in [-0.15, -0.1) is 0 Å². The summed E-state index contributed by atoms with van der Waals surface area (Å²) in [7, 11) is 0. The Bertz CT molecular complexity index is 403. The number of ketones is 2. The quantitative estimate of drug-likeness (QED) is 0.549. The molecule has 18 heavy (non-hydrogen) atoms. The maximum atomic E-state index is 11.5. The molecule has 1 aromatic carbocycles. The van der Waals surface area contributed by atoms with Gasteiger partial charge in [0.15, 0.2) is 5.78 Å². The molecule has 3 heteroatoms. The van der Waals surface area contributed by atoms with Crippen molar-refractivity contribution < 1.29 is 9.59 Å². The van der Waals surface area contributed by atoms with Crippen molar-refractivity contribution >= 4 is 17.3 Å². The summed E-state index contributed by atoms with van der Waals surface area (Å²) in [5.41, 5.74) is 1.58. The van der Waals surface area contributed by atoms with Gasteiger partial charge in [0.2, 0.25) is 5.78 Å². The van der Waals surface area contributed by atoms with Crippen molar-refractivity contribution in [1.82, 2.24) is 0 Å². The number of hydrogen-bond acceptors (Lipinski definition) is 3. The Morgan fingerprint density at radius 2 is 1.50 bits per heavy atom. The molecule has 3 nitrogen and oxygen atoms in total. The molecule has 0 saturated carbocycles. The van der Waals surface area contributed by atoms with Crippen LogP contribution in [0, 0.1) is 0 Å². The summed E-state index contributed by atoms with van der Waals surface area (Å²) in [4.78, 5) is 24.8. The van der Waals surface area contributed by atoms with Crippen molar-refractivity contribution in [3.8, 4) is 0 Å². The van der Waals surface area contributed by atoms with Gasteiger partial charge in [0.1, 0.15) is 0 Å². The molecule has 1 rings (SSSR count). The van der Waals surface area contributed by atoms with Crippen LogP contribution in [0.1, 0.15) is 44.0 Å². The first-order valence-corrected chi connectivity index (χ1v) is 6.50. The van der Waals surface area contributed by atoms with E-state index in [2.05, 4.69) is 18.7 Å². The van der Waals surface area contributed by atoms with E-state index in [0.29, 0.717) is 5.56 Å². The Morgan fingerprint density at radius 3 is 1.89 bits per heavy atom. The fraction of sp³-hybridized carbons (Fsp3) is 0.467.